The maximum atomic E-state index is 12.8. The van der Waals surface area contributed by atoms with E-state index >= 15 is 0 Å². The largest absolute Gasteiger partial charge is 0.293 e. The van der Waals surface area contributed by atoms with Gasteiger partial charge in [0.2, 0.25) is 0 Å². The summed E-state index contributed by atoms with van der Waals surface area (Å²) in [4.78, 5) is 17.2. The Morgan fingerprint density at radius 3 is 2.52 bits per heavy atom. The molecule has 0 saturated carbocycles. The molecule has 3 rings (SSSR count). The minimum atomic E-state index is -0.103. The smallest absolute Gasteiger partial charge is 0.171 e. The molecule has 0 radical (unpaired) electrons. The summed E-state index contributed by atoms with van der Waals surface area (Å²) in [5.74, 6) is 0.0381. The Morgan fingerprint density at radius 1 is 1.05 bits per heavy atom. The first-order valence-electron chi connectivity index (χ1n) is 7.23. The lowest BCUT2D eigenvalue weighted by molar-refractivity contribution is 0.0957. The number of fused-ring (bicyclic) bond motifs is 1. The van der Waals surface area contributed by atoms with Gasteiger partial charge in [0.25, 0.3) is 0 Å². The maximum absolute atomic E-state index is 12.8. The molecule has 1 aromatic heterocycles. The number of benzene rings is 2. The molecule has 0 saturated heterocycles. The number of pyridine rings is 1. The van der Waals surface area contributed by atoms with E-state index in [-0.39, 0.29) is 11.7 Å². The molecule has 2 aromatic carbocycles. The van der Waals surface area contributed by atoms with Gasteiger partial charge in [0.15, 0.2) is 5.78 Å². The van der Waals surface area contributed by atoms with Gasteiger partial charge in [-0.3, -0.25) is 9.78 Å². The zero-order chi connectivity index (χ0) is 14.7. The molecule has 104 valence electrons. The number of carbonyl (C=O) groups is 1. The lowest BCUT2D eigenvalue weighted by Gasteiger charge is -2.14. The summed E-state index contributed by atoms with van der Waals surface area (Å²) in [5, 5.41) is 1.01. The van der Waals surface area contributed by atoms with Gasteiger partial charge in [-0.1, -0.05) is 55.5 Å². The van der Waals surface area contributed by atoms with Crippen LogP contribution in [-0.4, -0.2) is 10.8 Å². The summed E-state index contributed by atoms with van der Waals surface area (Å²) in [6, 6.07) is 19.8. The molecular weight excluding hydrogens is 258 g/mol. The zero-order valence-corrected chi connectivity index (χ0v) is 12.0. The first kappa shape index (κ1) is 13.5. The first-order valence-corrected chi connectivity index (χ1v) is 7.23. The molecule has 0 aliphatic heterocycles. The summed E-state index contributed by atoms with van der Waals surface area (Å²) in [7, 11) is 0. The van der Waals surface area contributed by atoms with Crippen molar-refractivity contribution in [2.45, 2.75) is 19.3 Å². The van der Waals surface area contributed by atoms with Gasteiger partial charge in [-0.15, -0.1) is 0 Å². The molecule has 2 heteroatoms. The number of carbonyl (C=O) groups excluding carboxylic acids is 1. The van der Waals surface area contributed by atoms with E-state index in [1.165, 1.54) is 0 Å². The molecule has 0 bridgehead atoms. The highest BCUT2D eigenvalue weighted by Crippen LogP contribution is 2.25. The van der Waals surface area contributed by atoms with Crippen molar-refractivity contribution in [3.8, 4) is 0 Å². The lowest BCUT2D eigenvalue weighted by Crippen LogP contribution is -2.12. The highest BCUT2D eigenvalue weighted by molar-refractivity contribution is 6.02. The molecule has 21 heavy (non-hydrogen) atoms. The van der Waals surface area contributed by atoms with Gasteiger partial charge in [0, 0.05) is 23.1 Å². The van der Waals surface area contributed by atoms with E-state index in [0.29, 0.717) is 5.56 Å². The molecule has 0 aliphatic rings. The predicted octanol–water partition coefficient (Wildman–Crippen LogP) is 4.61. The Morgan fingerprint density at radius 2 is 1.76 bits per heavy atom. The average Bonchev–Trinajstić information content (AvgIpc) is 2.56. The van der Waals surface area contributed by atoms with Crippen LogP contribution in [0.5, 0.6) is 0 Å². The molecule has 1 heterocycles. The fraction of sp³-hybridized carbons (Fsp3) is 0.158. The van der Waals surface area contributed by atoms with E-state index in [1.807, 2.05) is 67.6 Å². The number of aromatic nitrogens is 1. The van der Waals surface area contributed by atoms with Gasteiger partial charge in [-0.05, 0) is 24.1 Å². The normalized spacial score (nSPS) is 12.2. The molecule has 0 spiro atoms. The number of hydrogen-bond acceptors (Lipinski definition) is 2. The standard InChI is InChI=1S/C19H17NO/c1-2-17(14-8-4-3-5-9-14)19(21)16-12-15-10-6-7-11-18(15)20-13-16/h3-13,17H,2H2,1H3. The minimum Gasteiger partial charge on any atom is -0.293 e. The Labute approximate surface area is 124 Å². The zero-order valence-electron chi connectivity index (χ0n) is 12.0. The summed E-state index contributed by atoms with van der Waals surface area (Å²) in [5.41, 5.74) is 2.67. The molecule has 2 nitrogen and oxygen atoms in total. The first-order chi connectivity index (χ1) is 10.3. The average molecular weight is 275 g/mol. The minimum absolute atomic E-state index is 0.103. The number of para-hydroxylation sites is 1. The van der Waals surface area contributed by atoms with Crippen LogP contribution in [0.4, 0.5) is 0 Å². The van der Waals surface area contributed by atoms with Gasteiger partial charge < -0.3 is 0 Å². The van der Waals surface area contributed by atoms with E-state index in [9.17, 15) is 4.79 Å². The van der Waals surface area contributed by atoms with Crippen molar-refractivity contribution < 1.29 is 4.79 Å². The molecule has 0 amide bonds. The van der Waals surface area contributed by atoms with Crippen molar-refractivity contribution in [2.75, 3.05) is 0 Å². The van der Waals surface area contributed by atoms with E-state index in [2.05, 4.69) is 4.98 Å². The number of hydrogen-bond donors (Lipinski definition) is 0. The van der Waals surface area contributed by atoms with Crippen LogP contribution < -0.4 is 0 Å². The van der Waals surface area contributed by atoms with E-state index in [4.69, 9.17) is 0 Å². The number of Topliss-reactive ketones (excluding diaryl/α,β-unsaturated/α-hetero) is 1. The third kappa shape index (κ3) is 2.70. The third-order valence-electron chi connectivity index (χ3n) is 3.80. The quantitative estimate of drug-likeness (QED) is 0.651. The van der Waals surface area contributed by atoms with Crippen molar-refractivity contribution in [2.24, 2.45) is 0 Å². The monoisotopic (exact) mass is 275 g/mol. The fourth-order valence-electron chi connectivity index (χ4n) is 2.66. The van der Waals surface area contributed by atoms with Crippen LogP contribution in [0.15, 0.2) is 66.9 Å². The van der Waals surface area contributed by atoms with Crippen molar-refractivity contribution in [3.63, 3.8) is 0 Å². The van der Waals surface area contributed by atoms with Crippen LogP contribution in [0.2, 0.25) is 0 Å². The van der Waals surface area contributed by atoms with Crippen molar-refractivity contribution >= 4 is 16.7 Å². The fourth-order valence-corrected chi connectivity index (χ4v) is 2.66. The molecule has 0 N–H and O–H groups in total. The van der Waals surface area contributed by atoms with Crippen molar-refractivity contribution in [1.82, 2.24) is 4.98 Å². The van der Waals surface area contributed by atoms with Gasteiger partial charge in [-0.25, -0.2) is 0 Å². The number of nitrogens with zero attached hydrogens (tertiary/aromatic N) is 1. The van der Waals surface area contributed by atoms with E-state index < -0.39 is 0 Å². The van der Waals surface area contributed by atoms with Gasteiger partial charge >= 0.3 is 0 Å². The summed E-state index contributed by atoms with van der Waals surface area (Å²) in [6.07, 6.45) is 2.48. The highest BCUT2D eigenvalue weighted by Gasteiger charge is 2.20. The summed E-state index contributed by atoms with van der Waals surface area (Å²) < 4.78 is 0. The second-order valence-corrected chi connectivity index (χ2v) is 5.15. The van der Waals surface area contributed by atoms with Crippen LogP contribution in [0, 0.1) is 0 Å². The second kappa shape index (κ2) is 5.88. The second-order valence-electron chi connectivity index (χ2n) is 5.15. The van der Waals surface area contributed by atoms with Crippen LogP contribution in [0.1, 0.15) is 35.2 Å². The topological polar surface area (TPSA) is 30.0 Å². The van der Waals surface area contributed by atoms with E-state index in [1.54, 1.807) is 6.20 Å². The Balaban J connectivity index is 1.98. The molecule has 3 aromatic rings. The third-order valence-corrected chi connectivity index (χ3v) is 3.80. The van der Waals surface area contributed by atoms with Gasteiger partial charge in [-0.2, -0.15) is 0 Å². The van der Waals surface area contributed by atoms with Crippen molar-refractivity contribution in [3.05, 3.63) is 78.0 Å². The summed E-state index contributed by atoms with van der Waals surface area (Å²) >= 11 is 0. The van der Waals surface area contributed by atoms with Crippen molar-refractivity contribution in [1.29, 1.82) is 0 Å². The highest BCUT2D eigenvalue weighted by atomic mass is 16.1. The summed E-state index contributed by atoms with van der Waals surface area (Å²) in [6.45, 7) is 2.05. The SMILES string of the molecule is CCC(C(=O)c1cnc2ccccc2c1)c1ccccc1. The molecular formula is C19H17NO. The van der Waals surface area contributed by atoms with Crippen LogP contribution in [0.25, 0.3) is 10.9 Å². The molecule has 0 aliphatic carbocycles. The predicted molar refractivity (Wildman–Crippen MR) is 85.5 cm³/mol. The Bertz CT molecular complexity index is 765. The van der Waals surface area contributed by atoms with Crippen LogP contribution in [0.3, 0.4) is 0 Å². The van der Waals surface area contributed by atoms with E-state index in [0.717, 1.165) is 22.9 Å². The molecule has 1 unspecified atom stereocenters. The number of rotatable bonds is 4. The van der Waals surface area contributed by atoms with Crippen LogP contribution >= 0.6 is 0 Å². The van der Waals surface area contributed by atoms with Gasteiger partial charge in [0.05, 0.1) is 5.52 Å². The molecule has 0 fully saturated rings. The lowest BCUT2D eigenvalue weighted by atomic mass is 9.89. The Kier molecular flexibility index (Phi) is 3.78. The molecule has 1 atom stereocenters. The van der Waals surface area contributed by atoms with Gasteiger partial charge in [0.1, 0.15) is 0 Å². The number of ketones is 1. The maximum Gasteiger partial charge on any atom is 0.171 e. The van der Waals surface area contributed by atoms with Crippen LogP contribution in [-0.2, 0) is 0 Å². The Hall–Kier alpha value is -2.48.